The van der Waals surface area contributed by atoms with Gasteiger partial charge in [-0.2, -0.15) is 0 Å². The van der Waals surface area contributed by atoms with Gasteiger partial charge in [-0.1, -0.05) is 54.1 Å². The van der Waals surface area contributed by atoms with E-state index in [0.717, 1.165) is 5.56 Å². The Morgan fingerprint density at radius 1 is 1.00 bits per heavy atom. The molecule has 2 aromatic carbocycles. The molecule has 0 saturated carbocycles. The van der Waals surface area contributed by atoms with Crippen molar-refractivity contribution in [1.82, 2.24) is 9.80 Å². The Balaban J connectivity index is 1.30. The number of hydrogen-bond donors (Lipinski definition) is 0. The number of aryl methyl sites for hydroxylation is 1. The zero-order chi connectivity index (χ0) is 27.4. The van der Waals surface area contributed by atoms with Gasteiger partial charge in [0.25, 0.3) is 5.91 Å². The number of fused-ring (bicyclic) bond motifs is 1. The van der Waals surface area contributed by atoms with Crippen molar-refractivity contribution in [1.29, 1.82) is 0 Å². The number of amidine groups is 1. The fourth-order valence-electron chi connectivity index (χ4n) is 5.27. The zero-order valence-electron chi connectivity index (χ0n) is 22.8. The molecule has 0 radical (unpaired) electrons. The summed E-state index contributed by atoms with van der Waals surface area (Å²) in [4.78, 5) is 37.7. The number of carbonyl (C=O) groups excluding carboxylic acids is 2. The molecule has 1 fully saturated rings. The smallest absolute Gasteiger partial charge is 0.260 e. The van der Waals surface area contributed by atoms with Crippen LogP contribution in [0.25, 0.3) is 0 Å². The third-order valence-corrected chi connectivity index (χ3v) is 7.50. The molecule has 2 heterocycles. The van der Waals surface area contributed by atoms with Gasteiger partial charge >= 0.3 is 0 Å². The first-order valence-electron chi connectivity index (χ1n) is 13.7. The standard InChI is InChI=1S/C31H36N4O4/c1-4-38-28-12-8-7-11-27(28)35-30(32-26-10-6-5-9-25(26)31(35)37)23(3)33-17-19-34(20-18-33)29(36)21-39-24-15-13-22(2)14-16-24/h5-16,23,25-26H,4,17-21H2,1-3H3. The van der Waals surface area contributed by atoms with E-state index in [1.807, 2.05) is 91.6 Å². The molecule has 2 amide bonds. The number of anilines is 1. The summed E-state index contributed by atoms with van der Waals surface area (Å²) in [6.45, 7) is 9.09. The van der Waals surface area contributed by atoms with Crippen molar-refractivity contribution in [3.8, 4) is 11.5 Å². The van der Waals surface area contributed by atoms with Crippen molar-refractivity contribution in [3.63, 3.8) is 0 Å². The van der Waals surface area contributed by atoms with Gasteiger partial charge in [0.2, 0.25) is 5.91 Å². The van der Waals surface area contributed by atoms with Gasteiger partial charge in [-0.05, 0) is 45.0 Å². The van der Waals surface area contributed by atoms with E-state index in [4.69, 9.17) is 14.5 Å². The Labute approximate surface area is 230 Å². The lowest BCUT2D eigenvalue weighted by Gasteiger charge is -2.43. The van der Waals surface area contributed by atoms with Crippen molar-refractivity contribution in [2.24, 2.45) is 10.9 Å². The molecular weight excluding hydrogens is 492 g/mol. The third kappa shape index (κ3) is 5.76. The summed E-state index contributed by atoms with van der Waals surface area (Å²) >= 11 is 0. The number of para-hydroxylation sites is 2. The first kappa shape index (κ1) is 26.7. The summed E-state index contributed by atoms with van der Waals surface area (Å²) < 4.78 is 11.6. The van der Waals surface area contributed by atoms with E-state index < -0.39 is 0 Å². The van der Waals surface area contributed by atoms with Gasteiger partial charge in [0, 0.05) is 26.2 Å². The van der Waals surface area contributed by atoms with E-state index in [0.29, 0.717) is 55.8 Å². The minimum absolute atomic E-state index is 0.00771. The van der Waals surface area contributed by atoms with Gasteiger partial charge in [-0.15, -0.1) is 0 Å². The SMILES string of the molecule is CCOc1ccccc1N1C(=O)C2C=CC=CC2N=C1C(C)N1CCN(C(=O)COc2ccc(C)cc2)CC1. The summed E-state index contributed by atoms with van der Waals surface area (Å²) in [6.07, 6.45) is 7.78. The van der Waals surface area contributed by atoms with Gasteiger partial charge in [0.05, 0.1) is 30.3 Å². The van der Waals surface area contributed by atoms with E-state index >= 15 is 0 Å². The lowest BCUT2D eigenvalue weighted by Crippen LogP contribution is -2.59. The molecule has 204 valence electrons. The maximum Gasteiger partial charge on any atom is 0.260 e. The highest BCUT2D eigenvalue weighted by Crippen LogP contribution is 2.35. The van der Waals surface area contributed by atoms with Crippen LogP contribution in [0.2, 0.25) is 0 Å². The van der Waals surface area contributed by atoms with Crippen molar-refractivity contribution in [3.05, 3.63) is 78.4 Å². The number of carbonyl (C=O) groups is 2. The molecule has 0 spiro atoms. The van der Waals surface area contributed by atoms with E-state index in [9.17, 15) is 9.59 Å². The molecule has 3 atom stereocenters. The van der Waals surface area contributed by atoms with Crippen molar-refractivity contribution < 1.29 is 19.1 Å². The maximum atomic E-state index is 13.9. The van der Waals surface area contributed by atoms with Crippen LogP contribution in [-0.2, 0) is 9.59 Å². The average molecular weight is 529 g/mol. The quantitative estimate of drug-likeness (QED) is 0.520. The van der Waals surface area contributed by atoms with Crippen molar-refractivity contribution in [2.45, 2.75) is 32.9 Å². The number of piperazine rings is 1. The molecule has 2 aromatic rings. The minimum Gasteiger partial charge on any atom is -0.492 e. The normalized spacial score (nSPS) is 21.8. The van der Waals surface area contributed by atoms with Crippen LogP contribution in [-0.4, -0.2) is 78.9 Å². The second-order valence-corrected chi connectivity index (χ2v) is 10.0. The number of hydrogen-bond acceptors (Lipinski definition) is 6. The number of nitrogens with zero attached hydrogens (tertiary/aromatic N) is 4. The van der Waals surface area contributed by atoms with Crippen LogP contribution in [0.5, 0.6) is 11.5 Å². The first-order valence-corrected chi connectivity index (χ1v) is 13.7. The first-order chi connectivity index (χ1) is 19.0. The van der Waals surface area contributed by atoms with E-state index in [-0.39, 0.29) is 36.4 Å². The number of ether oxygens (including phenoxy) is 2. The number of benzene rings is 2. The molecule has 2 aliphatic heterocycles. The molecule has 0 bridgehead atoms. The van der Waals surface area contributed by atoms with Crippen LogP contribution in [0.1, 0.15) is 19.4 Å². The fraction of sp³-hybridized carbons (Fsp3) is 0.387. The summed E-state index contributed by atoms with van der Waals surface area (Å²) in [5, 5.41) is 0. The van der Waals surface area contributed by atoms with Crippen molar-refractivity contribution >= 4 is 23.3 Å². The summed E-state index contributed by atoms with van der Waals surface area (Å²) in [5.74, 6) is 1.68. The lowest BCUT2D eigenvalue weighted by atomic mass is 9.91. The monoisotopic (exact) mass is 528 g/mol. The Morgan fingerprint density at radius 2 is 1.72 bits per heavy atom. The maximum absolute atomic E-state index is 13.9. The van der Waals surface area contributed by atoms with E-state index in [1.54, 1.807) is 4.90 Å². The second kappa shape index (κ2) is 11.9. The lowest BCUT2D eigenvalue weighted by molar-refractivity contribution is -0.135. The molecule has 3 unspecified atom stereocenters. The highest BCUT2D eigenvalue weighted by Gasteiger charge is 2.41. The Bertz CT molecular complexity index is 1280. The van der Waals surface area contributed by atoms with Crippen LogP contribution in [0, 0.1) is 12.8 Å². The molecule has 8 nitrogen and oxygen atoms in total. The summed E-state index contributed by atoms with van der Waals surface area (Å²) in [6, 6.07) is 15.0. The van der Waals surface area contributed by atoms with Crippen LogP contribution in [0.15, 0.2) is 77.8 Å². The third-order valence-electron chi connectivity index (χ3n) is 7.50. The second-order valence-electron chi connectivity index (χ2n) is 10.0. The number of aliphatic imine (C=N–C) groups is 1. The van der Waals surface area contributed by atoms with E-state index in [2.05, 4.69) is 11.8 Å². The predicted octanol–water partition coefficient (Wildman–Crippen LogP) is 3.86. The van der Waals surface area contributed by atoms with Gasteiger partial charge in [0.1, 0.15) is 17.3 Å². The Kier molecular flexibility index (Phi) is 8.12. The van der Waals surface area contributed by atoms with Gasteiger partial charge in [-0.3, -0.25) is 24.4 Å². The molecule has 8 heteroatoms. The zero-order valence-corrected chi connectivity index (χ0v) is 22.8. The van der Waals surface area contributed by atoms with E-state index in [1.165, 1.54) is 0 Å². The minimum atomic E-state index is -0.344. The van der Waals surface area contributed by atoms with Gasteiger partial charge < -0.3 is 14.4 Å². The van der Waals surface area contributed by atoms with Crippen LogP contribution < -0.4 is 14.4 Å². The Morgan fingerprint density at radius 3 is 2.46 bits per heavy atom. The number of amides is 2. The van der Waals surface area contributed by atoms with Crippen LogP contribution in [0.3, 0.4) is 0 Å². The molecule has 1 aliphatic carbocycles. The average Bonchev–Trinajstić information content (AvgIpc) is 2.97. The number of allylic oxidation sites excluding steroid dienone is 2. The highest BCUT2D eigenvalue weighted by molar-refractivity contribution is 6.22. The molecule has 3 aliphatic rings. The molecule has 0 N–H and O–H groups in total. The fourth-order valence-corrected chi connectivity index (χ4v) is 5.27. The topological polar surface area (TPSA) is 74.7 Å². The van der Waals surface area contributed by atoms with Gasteiger partial charge in [-0.25, -0.2) is 0 Å². The number of rotatable bonds is 8. The largest absolute Gasteiger partial charge is 0.492 e. The molecular formula is C31H36N4O4. The summed E-state index contributed by atoms with van der Waals surface area (Å²) in [5.41, 5.74) is 1.85. The molecule has 1 saturated heterocycles. The van der Waals surface area contributed by atoms with Crippen LogP contribution >= 0.6 is 0 Å². The van der Waals surface area contributed by atoms with Gasteiger partial charge in [0.15, 0.2) is 6.61 Å². The molecule has 39 heavy (non-hydrogen) atoms. The van der Waals surface area contributed by atoms with Crippen molar-refractivity contribution in [2.75, 3.05) is 44.3 Å². The molecule has 5 rings (SSSR count). The highest BCUT2D eigenvalue weighted by atomic mass is 16.5. The molecule has 0 aromatic heterocycles. The summed E-state index contributed by atoms with van der Waals surface area (Å²) in [7, 11) is 0. The predicted molar refractivity (Wildman–Crippen MR) is 152 cm³/mol. The Hall–Kier alpha value is -3.91. The van der Waals surface area contributed by atoms with Crippen LogP contribution in [0.4, 0.5) is 5.69 Å².